The molecule has 0 bridgehead atoms. The SMILES string of the molecule is CC[C@H](C)c1nc2ccc(Br)cc2c(=O)n1N=Cc1cccn1-c1ccccc1F. The van der Waals surface area contributed by atoms with Crippen LogP contribution in [0.1, 0.15) is 37.7 Å². The van der Waals surface area contributed by atoms with E-state index < -0.39 is 0 Å². The summed E-state index contributed by atoms with van der Waals surface area (Å²) in [5, 5.41) is 4.96. The van der Waals surface area contributed by atoms with Crippen LogP contribution in [0.25, 0.3) is 16.6 Å². The molecule has 4 rings (SSSR count). The van der Waals surface area contributed by atoms with Crippen molar-refractivity contribution < 1.29 is 4.39 Å². The van der Waals surface area contributed by atoms with Crippen LogP contribution in [-0.2, 0) is 0 Å². The molecule has 5 nitrogen and oxygen atoms in total. The van der Waals surface area contributed by atoms with E-state index in [-0.39, 0.29) is 17.3 Å². The minimum Gasteiger partial charge on any atom is -0.313 e. The zero-order valence-electron chi connectivity index (χ0n) is 16.6. The minimum absolute atomic E-state index is 0.0428. The third-order valence-corrected chi connectivity index (χ3v) is 5.58. The Morgan fingerprint density at radius 1 is 1.20 bits per heavy atom. The molecule has 1 atom stereocenters. The molecule has 0 radical (unpaired) electrons. The van der Waals surface area contributed by atoms with Crippen LogP contribution in [-0.4, -0.2) is 20.4 Å². The van der Waals surface area contributed by atoms with Crippen LogP contribution in [0.5, 0.6) is 0 Å². The molecular weight excluding hydrogens is 447 g/mol. The van der Waals surface area contributed by atoms with Gasteiger partial charge in [0.2, 0.25) is 0 Å². The summed E-state index contributed by atoms with van der Waals surface area (Å²) in [5.41, 5.74) is 1.46. The molecule has 0 fully saturated rings. The van der Waals surface area contributed by atoms with Crippen molar-refractivity contribution in [3.63, 3.8) is 0 Å². The molecule has 2 heterocycles. The molecule has 0 amide bonds. The van der Waals surface area contributed by atoms with E-state index in [2.05, 4.69) is 21.0 Å². The molecular formula is C23H20BrFN4O. The lowest BCUT2D eigenvalue weighted by molar-refractivity contribution is 0.612. The highest BCUT2D eigenvalue weighted by Gasteiger charge is 2.16. The van der Waals surface area contributed by atoms with Gasteiger partial charge in [-0.25, -0.2) is 9.37 Å². The average Bonchev–Trinajstić information content (AvgIpc) is 3.21. The number of rotatable bonds is 5. The molecule has 4 aromatic rings. The number of hydrogen-bond donors (Lipinski definition) is 0. The lowest BCUT2D eigenvalue weighted by Gasteiger charge is -2.14. The van der Waals surface area contributed by atoms with E-state index >= 15 is 0 Å². The molecule has 7 heteroatoms. The molecule has 0 aliphatic heterocycles. The molecule has 30 heavy (non-hydrogen) atoms. The molecule has 0 unspecified atom stereocenters. The Hall–Kier alpha value is -3.06. The van der Waals surface area contributed by atoms with Crippen molar-refractivity contribution in [3.8, 4) is 5.69 Å². The number of para-hydroxylation sites is 1. The van der Waals surface area contributed by atoms with Crippen LogP contribution < -0.4 is 5.56 Å². The fraction of sp³-hybridized carbons (Fsp3) is 0.174. The summed E-state index contributed by atoms with van der Waals surface area (Å²) in [6, 6.07) is 15.6. The van der Waals surface area contributed by atoms with Crippen LogP contribution in [0.2, 0.25) is 0 Å². The fourth-order valence-corrected chi connectivity index (χ4v) is 3.62. The van der Waals surface area contributed by atoms with Crippen LogP contribution in [0.3, 0.4) is 0 Å². The average molecular weight is 467 g/mol. The van der Waals surface area contributed by atoms with Crippen molar-refractivity contribution in [2.45, 2.75) is 26.2 Å². The Morgan fingerprint density at radius 2 is 2.00 bits per heavy atom. The van der Waals surface area contributed by atoms with E-state index in [0.717, 1.165) is 10.9 Å². The van der Waals surface area contributed by atoms with Gasteiger partial charge in [0.05, 0.1) is 28.5 Å². The van der Waals surface area contributed by atoms with E-state index in [1.807, 2.05) is 38.1 Å². The lowest BCUT2D eigenvalue weighted by Crippen LogP contribution is -2.24. The van der Waals surface area contributed by atoms with Crippen molar-refractivity contribution in [2.75, 3.05) is 0 Å². The van der Waals surface area contributed by atoms with E-state index in [0.29, 0.717) is 28.1 Å². The molecule has 152 valence electrons. The van der Waals surface area contributed by atoms with E-state index in [9.17, 15) is 9.18 Å². The number of hydrogen-bond acceptors (Lipinski definition) is 3. The quantitative estimate of drug-likeness (QED) is 0.365. The third-order valence-electron chi connectivity index (χ3n) is 5.08. The second-order valence-electron chi connectivity index (χ2n) is 7.06. The maximum Gasteiger partial charge on any atom is 0.282 e. The second kappa shape index (κ2) is 8.36. The Kier molecular flexibility index (Phi) is 5.63. The van der Waals surface area contributed by atoms with Crippen molar-refractivity contribution in [3.05, 3.63) is 93.0 Å². The van der Waals surface area contributed by atoms with Crippen molar-refractivity contribution in [2.24, 2.45) is 5.10 Å². The topological polar surface area (TPSA) is 52.2 Å². The first-order chi connectivity index (χ1) is 14.5. The zero-order valence-corrected chi connectivity index (χ0v) is 18.2. The Balaban J connectivity index is 1.86. The van der Waals surface area contributed by atoms with Crippen LogP contribution >= 0.6 is 15.9 Å². The van der Waals surface area contributed by atoms with Gasteiger partial charge in [0, 0.05) is 16.6 Å². The summed E-state index contributed by atoms with van der Waals surface area (Å²) in [7, 11) is 0. The minimum atomic E-state index is -0.335. The van der Waals surface area contributed by atoms with Gasteiger partial charge < -0.3 is 4.57 Å². The van der Waals surface area contributed by atoms with Gasteiger partial charge in [-0.2, -0.15) is 9.78 Å². The van der Waals surface area contributed by atoms with Crippen LogP contribution in [0.4, 0.5) is 4.39 Å². The molecule has 2 aromatic carbocycles. The number of benzene rings is 2. The summed E-state index contributed by atoms with van der Waals surface area (Å²) < 4.78 is 18.1. The Labute approximate surface area is 181 Å². The number of aromatic nitrogens is 3. The number of nitrogens with zero attached hydrogens (tertiary/aromatic N) is 4. The van der Waals surface area contributed by atoms with E-state index in [1.165, 1.54) is 10.7 Å². The molecule has 0 aliphatic carbocycles. The smallest absolute Gasteiger partial charge is 0.282 e. The highest BCUT2D eigenvalue weighted by Crippen LogP contribution is 2.21. The number of halogens is 2. The predicted octanol–water partition coefficient (Wildman–Crippen LogP) is 5.48. The largest absolute Gasteiger partial charge is 0.313 e. The summed E-state index contributed by atoms with van der Waals surface area (Å²) >= 11 is 3.41. The number of fused-ring (bicyclic) bond motifs is 1. The first-order valence-corrected chi connectivity index (χ1v) is 10.5. The van der Waals surface area contributed by atoms with Gasteiger partial charge in [-0.3, -0.25) is 4.79 Å². The maximum atomic E-state index is 14.3. The normalized spacial score (nSPS) is 12.7. The first-order valence-electron chi connectivity index (χ1n) is 9.68. The maximum absolute atomic E-state index is 14.3. The third kappa shape index (κ3) is 3.73. The highest BCUT2D eigenvalue weighted by atomic mass is 79.9. The molecule has 0 N–H and O–H groups in total. The standard InChI is InChI=1S/C23H20BrFN4O/c1-3-15(2)22-27-20-11-10-16(24)13-18(20)23(30)29(22)26-14-17-7-6-12-28(17)21-9-5-4-8-19(21)25/h4-15H,3H2,1-2H3/t15-/m0/s1. The Morgan fingerprint density at radius 3 is 2.77 bits per heavy atom. The van der Waals surface area contributed by atoms with Crippen LogP contribution in [0.15, 0.2) is 75.2 Å². The predicted molar refractivity (Wildman–Crippen MR) is 121 cm³/mol. The van der Waals surface area contributed by atoms with E-state index in [1.54, 1.807) is 41.2 Å². The second-order valence-corrected chi connectivity index (χ2v) is 7.97. The monoisotopic (exact) mass is 466 g/mol. The van der Waals surface area contributed by atoms with E-state index in [4.69, 9.17) is 4.98 Å². The first kappa shape index (κ1) is 20.2. The molecule has 0 saturated heterocycles. The van der Waals surface area contributed by atoms with Crippen LogP contribution in [0, 0.1) is 5.82 Å². The van der Waals surface area contributed by atoms with Crippen molar-refractivity contribution in [1.82, 2.24) is 14.2 Å². The van der Waals surface area contributed by atoms with Gasteiger partial charge in [-0.1, -0.05) is 41.9 Å². The highest BCUT2D eigenvalue weighted by molar-refractivity contribution is 9.10. The summed E-state index contributed by atoms with van der Waals surface area (Å²) in [6.07, 6.45) is 4.13. The molecule has 0 aliphatic rings. The van der Waals surface area contributed by atoms with Gasteiger partial charge in [0.25, 0.3) is 5.56 Å². The van der Waals surface area contributed by atoms with Gasteiger partial charge in [-0.15, -0.1) is 0 Å². The fourth-order valence-electron chi connectivity index (χ4n) is 3.26. The summed E-state index contributed by atoms with van der Waals surface area (Å²) in [4.78, 5) is 17.9. The Bertz CT molecular complexity index is 1310. The summed E-state index contributed by atoms with van der Waals surface area (Å²) in [5.74, 6) is 0.303. The summed E-state index contributed by atoms with van der Waals surface area (Å²) in [6.45, 7) is 4.06. The van der Waals surface area contributed by atoms with Crippen molar-refractivity contribution >= 4 is 33.0 Å². The lowest BCUT2D eigenvalue weighted by atomic mass is 10.1. The van der Waals surface area contributed by atoms with Gasteiger partial charge >= 0.3 is 0 Å². The molecule has 2 aromatic heterocycles. The molecule has 0 spiro atoms. The zero-order chi connectivity index (χ0) is 21.3. The van der Waals surface area contributed by atoms with Crippen molar-refractivity contribution in [1.29, 1.82) is 0 Å². The molecule has 0 saturated carbocycles. The van der Waals surface area contributed by atoms with Gasteiger partial charge in [-0.05, 0) is 48.9 Å². The van der Waals surface area contributed by atoms with Gasteiger partial charge in [0.1, 0.15) is 11.6 Å². The van der Waals surface area contributed by atoms with Gasteiger partial charge in [0.15, 0.2) is 0 Å².